The topological polar surface area (TPSA) is 347 Å². The number of nitrogens with zero attached hydrogens (tertiary/aromatic N) is 1. The van der Waals surface area contributed by atoms with E-state index in [2.05, 4.69) is 55.7 Å². The molecular formula is C36H68N10O12S. The Hall–Kier alpha value is -4.29. The first-order chi connectivity index (χ1) is 27.8. The number of aliphatic carboxylic acids is 3. The van der Waals surface area contributed by atoms with Crippen LogP contribution in [0.4, 0.5) is 0 Å². The fourth-order valence-corrected chi connectivity index (χ4v) is 6.78. The van der Waals surface area contributed by atoms with Crippen LogP contribution in [-0.4, -0.2) is 140 Å². The first-order valence-electron chi connectivity index (χ1n) is 19.5. The minimum Gasteiger partial charge on any atom is -0.480 e. The third kappa shape index (κ3) is 27.2. The lowest BCUT2D eigenvalue weighted by Gasteiger charge is -2.35. The molecule has 22 nitrogen and oxygen atoms in total. The van der Waals surface area contributed by atoms with Crippen LogP contribution in [0.25, 0.3) is 0 Å². The van der Waals surface area contributed by atoms with Gasteiger partial charge in [-0.3, -0.25) is 23.9 Å². The maximum absolute atomic E-state index is 12.5. The minimum atomic E-state index is -1.41. The lowest BCUT2D eigenvalue weighted by Crippen LogP contribution is -2.45. The summed E-state index contributed by atoms with van der Waals surface area (Å²) < 4.78 is 13.8. The van der Waals surface area contributed by atoms with E-state index < -0.39 is 59.7 Å². The highest BCUT2D eigenvalue weighted by molar-refractivity contribution is 7.97. The normalized spacial score (nSPS) is 13.4. The predicted octanol–water partition coefficient (Wildman–Crippen LogP) is -1.01. The molecule has 0 saturated carbocycles. The fraction of sp³-hybridized carbons (Fsp3) is 0.778. The highest BCUT2D eigenvalue weighted by Gasteiger charge is 2.33. The number of amides is 4. The van der Waals surface area contributed by atoms with Gasteiger partial charge in [0, 0.05) is 43.5 Å². The molecule has 0 aliphatic heterocycles. The SMILES string of the molecule is CNCCCCC(NC(=O)COCCOCCNC(=O)CCC(NC(=O)CCC(NC(=O)CCCSNCC(C)(C)CC(C)(C)/C(=N/N)NN)C(=O)O)C(=O)O)C(=O)O. The summed E-state index contributed by atoms with van der Waals surface area (Å²) >= 11 is 1.43. The number of carboxylic acid groups (broad SMARTS) is 3. The molecule has 4 amide bonds. The van der Waals surface area contributed by atoms with Crippen LogP contribution in [0.3, 0.4) is 0 Å². The number of nitrogens with two attached hydrogens (primary N) is 2. The number of amidine groups is 1. The maximum atomic E-state index is 12.5. The van der Waals surface area contributed by atoms with Crippen molar-refractivity contribution in [2.45, 2.75) is 110 Å². The summed E-state index contributed by atoms with van der Waals surface area (Å²) in [5.41, 5.74) is 2.00. The average molecular weight is 865 g/mol. The molecule has 0 fully saturated rings. The molecule has 0 aromatic heterocycles. The third-order valence-electron chi connectivity index (χ3n) is 8.69. The van der Waals surface area contributed by atoms with Gasteiger partial charge in [0.2, 0.25) is 23.6 Å². The molecule has 23 heteroatoms. The van der Waals surface area contributed by atoms with Gasteiger partial charge in [0.15, 0.2) is 0 Å². The van der Waals surface area contributed by atoms with Crippen molar-refractivity contribution < 1.29 is 58.4 Å². The first-order valence-corrected chi connectivity index (χ1v) is 20.5. The lowest BCUT2D eigenvalue weighted by atomic mass is 9.74. The van der Waals surface area contributed by atoms with E-state index >= 15 is 0 Å². The molecule has 0 aliphatic rings. The van der Waals surface area contributed by atoms with E-state index in [1.165, 1.54) is 11.9 Å². The van der Waals surface area contributed by atoms with E-state index in [4.69, 9.17) is 21.2 Å². The Morgan fingerprint density at radius 2 is 1.24 bits per heavy atom. The van der Waals surface area contributed by atoms with Crippen molar-refractivity contribution in [2.24, 2.45) is 27.6 Å². The number of carbonyl (C=O) groups is 7. The summed E-state index contributed by atoms with van der Waals surface area (Å²) in [6.07, 6.45) is 1.80. The van der Waals surface area contributed by atoms with Gasteiger partial charge in [-0.2, -0.15) is 5.10 Å². The molecule has 14 N–H and O–H groups in total. The van der Waals surface area contributed by atoms with Crippen molar-refractivity contribution in [1.29, 1.82) is 0 Å². The Labute approximate surface area is 350 Å². The van der Waals surface area contributed by atoms with Gasteiger partial charge in [-0.25, -0.2) is 20.2 Å². The number of hydrogen-bond acceptors (Lipinski definition) is 15. The van der Waals surface area contributed by atoms with Crippen molar-refractivity contribution in [1.82, 2.24) is 36.7 Å². The Morgan fingerprint density at radius 1 is 0.695 bits per heavy atom. The Morgan fingerprint density at radius 3 is 1.80 bits per heavy atom. The third-order valence-corrected chi connectivity index (χ3v) is 9.54. The largest absolute Gasteiger partial charge is 0.480 e. The maximum Gasteiger partial charge on any atom is 0.326 e. The smallest absolute Gasteiger partial charge is 0.326 e. The van der Waals surface area contributed by atoms with Crippen LogP contribution in [0, 0.1) is 10.8 Å². The van der Waals surface area contributed by atoms with Crippen molar-refractivity contribution in [2.75, 3.05) is 58.9 Å². The summed E-state index contributed by atoms with van der Waals surface area (Å²) in [4.78, 5) is 84.0. The minimum absolute atomic E-state index is 0.0420. The number of hydrogen-bond donors (Lipinski definition) is 12. The van der Waals surface area contributed by atoms with Crippen LogP contribution in [0.1, 0.15) is 91.9 Å². The summed E-state index contributed by atoms with van der Waals surface area (Å²) in [6, 6.07) is -3.78. The number of hydrazone groups is 1. The second-order valence-corrected chi connectivity index (χ2v) is 16.2. The van der Waals surface area contributed by atoms with Crippen LogP contribution in [0.2, 0.25) is 0 Å². The number of nitrogens with one attached hydrogen (secondary N) is 7. The molecule has 0 radical (unpaired) electrons. The van der Waals surface area contributed by atoms with Crippen LogP contribution in [0.5, 0.6) is 0 Å². The van der Waals surface area contributed by atoms with Crippen LogP contribution < -0.4 is 48.4 Å². The highest BCUT2D eigenvalue weighted by atomic mass is 32.2. The summed E-state index contributed by atoms with van der Waals surface area (Å²) in [7, 11) is 1.79. The zero-order valence-corrected chi connectivity index (χ0v) is 35.8. The van der Waals surface area contributed by atoms with Gasteiger partial charge in [0.1, 0.15) is 30.6 Å². The van der Waals surface area contributed by atoms with Gasteiger partial charge < -0.3 is 62.6 Å². The van der Waals surface area contributed by atoms with E-state index in [1.807, 2.05) is 13.8 Å². The number of hydrazine groups is 1. The van der Waals surface area contributed by atoms with Crippen molar-refractivity contribution in [3.8, 4) is 0 Å². The van der Waals surface area contributed by atoms with Crippen LogP contribution >= 0.6 is 11.9 Å². The summed E-state index contributed by atoms with van der Waals surface area (Å²) in [6.45, 7) is 9.48. The number of carboxylic acids is 3. The molecule has 59 heavy (non-hydrogen) atoms. The molecule has 340 valence electrons. The molecule has 0 rings (SSSR count). The average Bonchev–Trinajstić information content (AvgIpc) is 3.14. The Kier molecular flexibility index (Phi) is 28.5. The Bertz CT molecular complexity index is 1360. The zero-order valence-electron chi connectivity index (χ0n) is 35.0. The standard InChI is InChI=1S/C36H68N10O12S/c1-35(2,22-36(3,4)34(45-37)46-38)23-41-59-20-8-10-28(48)42-26(33(55)56)12-14-29(49)43-25(32(53)54)11-13-27(47)40-16-17-57-18-19-58-21-30(50)44-24(31(51)52)9-6-7-15-39-5/h24-26,39,41H,6-23,37-38H2,1-5H3,(H,40,47)(H,42,48)(H,43,49)(H,44,50)(H,45,46)(H,51,52)(H,53,54)(H,55,56). The van der Waals surface area contributed by atoms with Crippen LogP contribution in [0.15, 0.2) is 5.10 Å². The molecule has 3 atom stereocenters. The van der Waals surface area contributed by atoms with Gasteiger partial charge in [0.25, 0.3) is 0 Å². The molecule has 0 aromatic carbocycles. The monoisotopic (exact) mass is 864 g/mol. The molecule has 3 unspecified atom stereocenters. The zero-order chi connectivity index (χ0) is 44.9. The predicted molar refractivity (Wildman–Crippen MR) is 220 cm³/mol. The quantitative estimate of drug-likeness (QED) is 0.00907. The number of carbonyl (C=O) groups excluding carboxylic acids is 4. The molecule has 0 heterocycles. The number of rotatable bonds is 35. The molecule has 0 aliphatic carbocycles. The molecule has 0 bridgehead atoms. The fourth-order valence-electron chi connectivity index (χ4n) is 5.85. The van der Waals surface area contributed by atoms with E-state index in [9.17, 15) is 48.9 Å². The van der Waals surface area contributed by atoms with Gasteiger partial charge in [0.05, 0.1) is 19.8 Å². The molecule has 0 saturated heterocycles. The van der Waals surface area contributed by atoms with E-state index in [1.54, 1.807) is 7.05 Å². The van der Waals surface area contributed by atoms with Gasteiger partial charge in [-0.05, 0) is 64.0 Å². The van der Waals surface area contributed by atoms with Gasteiger partial charge in [-0.15, -0.1) is 0 Å². The van der Waals surface area contributed by atoms with Gasteiger partial charge in [-0.1, -0.05) is 39.6 Å². The number of ether oxygens (including phenoxy) is 2. The Balaban J connectivity index is 4.38. The van der Waals surface area contributed by atoms with Gasteiger partial charge >= 0.3 is 17.9 Å². The van der Waals surface area contributed by atoms with E-state index in [-0.39, 0.29) is 75.9 Å². The van der Waals surface area contributed by atoms with Crippen molar-refractivity contribution >= 4 is 59.3 Å². The second-order valence-electron chi connectivity index (χ2n) is 15.2. The van der Waals surface area contributed by atoms with E-state index in [0.717, 1.165) is 19.4 Å². The summed E-state index contributed by atoms with van der Waals surface area (Å²) in [5, 5.41) is 44.8. The van der Waals surface area contributed by atoms with E-state index in [0.29, 0.717) is 37.4 Å². The van der Waals surface area contributed by atoms with Crippen molar-refractivity contribution in [3.05, 3.63) is 0 Å². The number of unbranched alkanes of at least 4 members (excludes halogenated alkanes) is 1. The molecular weight excluding hydrogens is 797 g/mol. The summed E-state index contributed by atoms with van der Waals surface area (Å²) in [5.74, 6) is 5.84. The first kappa shape index (κ1) is 54.7. The highest BCUT2D eigenvalue weighted by Crippen LogP contribution is 2.34. The molecule has 0 spiro atoms. The molecule has 0 aromatic rings. The van der Waals surface area contributed by atoms with Crippen LogP contribution in [-0.2, 0) is 43.0 Å². The second kappa shape index (κ2) is 30.7. The lowest BCUT2D eigenvalue weighted by molar-refractivity contribution is -0.143. The van der Waals surface area contributed by atoms with Crippen molar-refractivity contribution in [3.63, 3.8) is 0 Å².